The van der Waals surface area contributed by atoms with Gasteiger partial charge in [0.15, 0.2) is 0 Å². The molecular formula is C14H10F2N2. The first kappa shape index (κ1) is 10.9. The van der Waals surface area contributed by atoms with E-state index in [1.54, 1.807) is 6.20 Å². The molecule has 0 unspecified atom stereocenters. The zero-order valence-electron chi connectivity index (χ0n) is 9.69. The van der Waals surface area contributed by atoms with E-state index >= 15 is 0 Å². The number of aryl methyl sites for hydroxylation is 1. The summed E-state index contributed by atoms with van der Waals surface area (Å²) in [4.78, 5) is 4.18. The molecule has 0 aliphatic rings. The van der Waals surface area contributed by atoms with Crippen LogP contribution in [0.1, 0.15) is 5.82 Å². The maximum Gasteiger partial charge on any atom is 0.126 e. The number of nitrogens with zero attached hydrogens (tertiary/aromatic N) is 2. The van der Waals surface area contributed by atoms with Gasteiger partial charge >= 0.3 is 0 Å². The monoisotopic (exact) mass is 244 g/mol. The molecule has 3 aromatic rings. The van der Waals surface area contributed by atoms with Gasteiger partial charge < -0.3 is 4.40 Å². The Morgan fingerprint density at radius 1 is 1.00 bits per heavy atom. The SMILES string of the molecule is Cc1ncc2ccc(-c3cc(F)cc(F)c3)cn12. The van der Waals surface area contributed by atoms with Gasteiger partial charge in [-0.3, -0.25) is 0 Å². The molecule has 0 fully saturated rings. The van der Waals surface area contributed by atoms with E-state index in [1.165, 1.54) is 12.1 Å². The third kappa shape index (κ3) is 1.76. The fourth-order valence-electron chi connectivity index (χ4n) is 2.01. The molecule has 3 rings (SSSR count). The predicted octanol–water partition coefficient (Wildman–Crippen LogP) is 3.59. The van der Waals surface area contributed by atoms with Gasteiger partial charge in [-0.2, -0.15) is 0 Å². The van der Waals surface area contributed by atoms with Crippen molar-refractivity contribution < 1.29 is 8.78 Å². The predicted molar refractivity (Wildman–Crippen MR) is 65.3 cm³/mol. The first-order valence-corrected chi connectivity index (χ1v) is 5.54. The van der Waals surface area contributed by atoms with Crippen molar-refractivity contribution in [2.24, 2.45) is 0 Å². The summed E-state index contributed by atoms with van der Waals surface area (Å²) in [5.41, 5.74) is 2.22. The zero-order valence-corrected chi connectivity index (χ0v) is 9.69. The van der Waals surface area contributed by atoms with E-state index in [2.05, 4.69) is 4.98 Å². The average molecular weight is 244 g/mol. The van der Waals surface area contributed by atoms with Crippen molar-refractivity contribution in [2.75, 3.05) is 0 Å². The minimum atomic E-state index is -0.576. The van der Waals surface area contributed by atoms with Crippen LogP contribution in [0.4, 0.5) is 8.78 Å². The number of imidazole rings is 1. The van der Waals surface area contributed by atoms with Crippen LogP contribution >= 0.6 is 0 Å². The third-order valence-corrected chi connectivity index (χ3v) is 2.91. The van der Waals surface area contributed by atoms with Crippen molar-refractivity contribution in [2.45, 2.75) is 6.92 Å². The molecule has 4 heteroatoms. The van der Waals surface area contributed by atoms with Crippen LogP contribution < -0.4 is 0 Å². The highest BCUT2D eigenvalue weighted by Crippen LogP contribution is 2.22. The normalized spacial score (nSPS) is 11.1. The largest absolute Gasteiger partial charge is 0.303 e. The number of hydrogen-bond acceptors (Lipinski definition) is 1. The van der Waals surface area contributed by atoms with Gasteiger partial charge in [-0.05, 0) is 36.2 Å². The fraction of sp³-hybridized carbons (Fsp3) is 0.0714. The summed E-state index contributed by atoms with van der Waals surface area (Å²) >= 11 is 0. The van der Waals surface area contributed by atoms with Crippen molar-refractivity contribution in [1.29, 1.82) is 0 Å². The van der Waals surface area contributed by atoms with Gasteiger partial charge in [-0.1, -0.05) is 6.07 Å². The second-order valence-electron chi connectivity index (χ2n) is 4.18. The lowest BCUT2D eigenvalue weighted by Crippen LogP contribution is -1.90. The standard InChI is InChI=1S/C14H10F2N2/c1-9-17-7-14-3-2-10(8-18(9)14)11-4-12(15)6-13(16)5-11/h2-8H,1H3. The summed E-state index contributed by atoms with van der Waals surface area (Å²) in [6.45, 7) is 1.88. The molecule has 0 spiro atoms. The van der Waals surface area contributed by atoms with E-state index in [4.69, 9.17) is 0 Å². The average Bonchev–Trinajstić information content (AvgIpc) is 2.69. The maximum atomic E-state index is 13.2. The summed E-state index contributed by atoms with van der Waals surface area (Å²) < 4.78 is 28.3. The molecule has 18 heavy (non-hydrogen) atoms. The second kappa shape index (κ2) is 3.91. The van der Waals surface area contributed by atoms with Gasteiger partial charge in [-0.15, -0.1) is 0 Å². The van der Waals surface area contributed by atoms with Crippen LogP contribution in [0, 0.1) is 18.6 Å². The van der Waals surface area contributed by atoms with Crippen LogP contribution in [-0.2, 0) is 0 Å². The van der Waals surface area contributed by atoms with Gasteiger partial charge in [0.2, 0.25) is 0 Å². The molecule has 0 N–H and O–H groups in total. The van der Waals surface area contributed by atoms with Crippen molar-refractivity contribution in [3.05, 3.63) is 60.2 Å². The number of pyridine rings is 1. The summed E-state index contributed by atoms with van der Waals surface area (Å²) in [6.07, 6.45) is 3.58. The highest BCUT2D eigenvalue weighted by Gasteiger charge is 2.05. The van der Waals surface area contributed by atoms with Gasteiger partial charge in [-0.25, -0.2) is 13.8 Å². The van der Waals surface area contributed by atoms with Gasteiger partial charge in [0.05, 0.1) is 11.7 Å². The Bertz CT molecular complexity index is 711. The number of rotatable bonds is 1. The highest BCUT2D eigenvalue weighted by molar-refractivity contribution is 5.65. The Morgan fingerprint density at radius 3 is 2.44 bits per heavy atom. The van der Waals surface area contributed by atoms with Crippen molar-refractivity contribution in [3.8, 4) is 11.1 Å². The number of aromatic nitrogens is 2. The Labute approximate surface area is 103 Å². The molecule has 0 amide bonds. The molecule has 2 heterocycles. The van der Waals surface area contributed by atoms with E-state index in [9.17, 15) is 8.78 Å². The van der Waals surface area contributed by atoms with Gasteiger partial charge in [0.25, 0.3) is 0 Å². The third-order valence-electron chi connectivity index (χ3n) is 2.91. The lowest BCUT2D eigenvalue weighted by atomic mass is 10.1. The number of fused-ring (bicyclic) bond motifs is 1. The summed E-state index contributed by atoms with van der Waals surface area (Å²) in [5.74, 6) is -0.316. The molecule has 0 radical (unpaired) electrons. The summed E-state index contributed by atoms with van der Waals surface area (Å²) in [7, 11) is 0. The maximum absolute atomic E-state index is 13.2. The Balaban J connectivity index is 2.21. The molecule has 0 bridgehead atoms. The molecular weight excluding hydrogens is 234 g/mol. The molecule has 2 nitrogen and oxygen atoms in total. The van der Waals surface area contributed by atoms with E-state index < -0.39 is 11.6 Å². The zero-order chi connectivity index (χ0) is 12.7. The summed E-state index contributed by atoms with van der Waals surface area (Å²) in [5, 5.41) is 0. The van der Waals surface area contributed by atoms with E-state index in [1.807, 2.05) is 29.7 Å². The van der Waals surface area contributed by atoms with E-state index in [-0.39, 0.29) is 0 Å². The molecule has 90 valence electrons. The van der Waals surface area contributed by atoms with Gasteiger partial charge in [0, 0.05) is 12.3 Å². The Kier molecular flexibility index (Phi) is 2.37. The summed E-state index contributed by atoms with van der Waals surface area (Å²) in [6, 6.07) is 7.19. The lowest BCUT2D eigenvalue weighted by molar-refractivity contribution is 0.584. The van der Waals surface area contributed by atoms with Crippen LogP contribution in [0.5, 0.6) is 0 Å². The molecule has 0 aliphatic heterocycles. The van der Waals surface area contributed by atoms with Crippen LogP contribution in [-0.4, -0.2) is 9.38 Å². The first-order valence-electron chi connectivity index (χ1n) is 5.54. The van der Waals surface area contributed by atoms with Crippen LogP contribution in [0.2, 0.25) is 0 Å². The Hall–Kier alpha value is -2.23. The van der Waals surface area contributed by atoms with Crippen molar-refractivity contribution in [1.82, 2.24) is 9.38 Å². The number of halogens is 2. The smallest absolute Gasteiger partial charge is 0.126 e. The quantitative estimate of drug-likeness (QED) is 0.639. The number of benzene rings is 1. The molecule has 0 saturated carbocycles. The highest BCUT2D eigenvalue weighted by atomic mass is 19.1. The second-order valence-corrected chi connectivity index (χ2v) is 4.18. The van der Waals surface area contributed by atoms with Crippen molar-refractivity contribution >= 4 is 5.52 Å². The van der Waals surface area contributed by atoms with Crippen LogP contribution in [0.3, 0.4) is 0 Å². The minimum Gasteiger partial charge on any atom is -0.303 e. The lowest BCUT2D eigenvalue weighted by Gasteiger charge is -2.04. The molecule has 2 aromatic heterocycles. The molecule has 0 saturated heterocycles. The van der Waals surface area contributed by atoms with Crippen molar-refractivity contribution in [3.63, 3.8) is 0 Å². The van der Waals surface area contributed by atoms with E-state index in [0.29, 0.717) is 5.56 Å². The molecule has 0 aliphatic carbocycles. The minimum absolute atomic E-state index is 0.516. The number of hydrogen-bond donors (Lipinski definition) is 0. The van der Waals surface area contributed by atoms with E-state index in [0.717, 1.165) is 23.0 Å². The van der Waals surface area contributed by atoms with Crippen LogP contribution in [0.15, 0.2) is 42.7 Å². The van der Waals surface area contributed by atoms with Gasteiger partial charge in [0.1, 0.15) is 17.5 Å². The van der Waals surface area contributed by atoms with Crippen LogP contribution in [0.25, 0.3) is 16.6 Å². The fourth-order valence-corrected chi connectivity index (χ4v) is 2.01. The topological polar surface area (TPSA) is 17.3 Å². The molecule has 1 aromatic carbocycles. The molecule has 0 atom stereocenters. The first-order chi connectivity index (χ1) is 8.63. The Morgan fingerprint density at radius 2 is 1.72 bits per heavy atom.